The van der Waals surface area contributed by atoms with Crippen LogP contribution >= 0.6 is 7.82 Å². The lowest BCUT2D eigenvalue weighted by Gasteiger charge is -2.27. The summed E-state index contributed by atoms with van der Waals surface area (Å²) >= 11 is 0. The minimum absolute atomic E-state index is 0.253. The Kier molecular flexibility index (Phi) is 12.7. The third kappa shape index (κ3) is 11.3. The van der Waals surface area contributed by atoms with Crippen molar-refractivity contribution in [3.63, 3.8) is 0 Å². The molecule has 0 aromatic heterocycles. The van der Waals surface area contributed by atoms with Crippen LogP contribution in [-0.4, -0.2) is 13.2 Å². The molecule has 0 saturated heterocycles. The Morgan fingerprint density at radius 2 is 1.24 bits per heavy atom. The summed E-state index contributed by atoms with van der Waals surface area (Å²) in [6.45, 7) is 8.91. The maximum Gasteiger partial charge on any atom is 0.267 e. The molecule has 0 bridgehead atoms. The van der Waals surface area contributed by atoms with Gasteiger partial charge in [0.2, 0.25) is 0 Å². The second-order valence-corrected chi connectivity index (χ2v) is 7.28. The molecule has 0 heterocycles. The minimum Gasteiger partial charge on any atom is -0.756 e. The van der Waals surface area contributed by atoms with Crippen LogP contribution in [0.1, 0.15) is 79.1 Å². The van der Waals surface area contributed by atoms with Crippen molar-refractivity contribution in [2.45, 2.75) is 79.1 Å². The maximum absolute atomic E-state index is 11.8. The van der Waals surface area contributed by atoms with Gasteiger partial charge >= 0.3 is 0 Å². The predicted molar refractivity (Wildman–Crippen MR) is 86.1 cm³/mol. The highest BCUT2D eigenvalue weighted by molar-refractivity contribution is 7.45. The molecular formula is C16H34O4P-. The zero-order valence-electron chi connectivity index (χ0n) is 14.3. The van der Waals surface area contributed by atoms with Gasteiger partial charge in [0.15, 0.2) is 0 Å². The third-order valence-corrected chi connectivity index (χ3v) is 4.95. The fraction of sp³-hybridized carbons (Fsp3) is 1.00. The summed E-state index contributed by atoms with van der Waals surface area (Å²) in [5.74, 6) is 0.607. The molecule has 0 spiro atoms. The molecule has 0 N–H and O–H groups in total. The standard InChI is InChI=1S/C16H35O4P/c1-5-9-11-15(7-3)13-19-21(17,18)20-14-16(8-4)12-10-6-2/h15-16H,5-14H2,1-4H3,(H,17,18)/p-1/t15-,16-/m1/s1. The van der Waals surface area contributed by atoms with Crippen molar-refractivity contribution in [3.8, 4) is 0 Å². The minimum atomic E-state index is -4.14. The van der Waals surface area contributed by atoms with E-state index in [2.05, 4.69) is 27.7 Å². The van der Waals surface area contributed by atoms with E-state index in [1.165, 1.54) is 0 Å². The van der Waals surface area contributed by atoms with E-state index in [1.807, 2.05) is 0 Å². The Balaban J connectivity index is 4.08. The fourth-order valence-electron chi connectivity index (χ4n) is 2.23. The van der Waals surface area contributed by atoms with Gasteiger partial charge in [0, 0.05) is 0 Å². The quantitative estimate of drug-likeness (QED) is 0.426. The summed E-state index contributed by atoms with van der Waals surface area (Å²) < 4.78 is 21.9. The molecule has 0 amide bonds. The predicted octanol–water partition coefficient (Wildman–Crippen LogP) is 4.92. The van der Waals surface area contributed by atoms with Gasteiger partial charge in [-0.05, 0) is 24.7 Å². The number of rotatable bonds is 14. The van der Waals surface area contributed by atoms with E-state index in [9.17, 15) is 9.46 Å². The Morgan fingerprint density at radius 3 is 1.52 bits per heavy atom. The molecule has 128 valence electrons. The summed E-state index contributed by atoms with van der Waals surface area (Å²) in [7, 11) is -4.14. The number of phosphoric acid groups is 1. The molecule has 0 rings (SSSR count). The van der Waals surface area contributed by atoms with E-state index >= 15 is 0 Å². The van der Waals surface area contributed by atoms with Crippen LogP contribution in [0.25, 0.3) is 0 Å². The first-order chi connectivity index (χ1) is 9.99. The molecule has 0 radical (unpaired) electrons. The van der Waals surface area contributed by atoms with Crippen molar-refractivity contribution in [1.29, 1.82) is 0 Å². The van der Waals surface area contributed by atoms with Crippen LogP contribution < -0.4 is 4.89 Å². The Labute approximate surface area is 131 Å². The van der Waals surface area contributed by atoms with Crippen LogP contribution in [-0.2, 0) is 13.6 Å². The maximum atomic E-state index is 11.8. The summed E-state index contributed by atoms with van der Waals surface area (Å²) in [6, 6.07) is 0. The molecular weight excluding hydrogens is 287 g/mol. The van der Waals surface area contributed by atoms with Crippen LogP contribution in [0.4, 0.5) is 0 Å². The first-order valence-electron chi connectivity index (χ1n) is 8.59. The van der Waals surface area contributed by atoms with Crippen LogP contribution in [0, 0.1) is 11.8 Å². The van der Waals surface area contributed by atoms with E-state index in [1.54, 1.807) is 0 Å². The topological polar surface area (TPSA) is 58.6 Å². The number of hydrogen-bond donors (Lipinski definition) is 0. The highest BCUT2D eigenvalue weighted by Gasteiger charge is 2.16. The van der Waals surface area contributed by atoms with Gasteiger partial charge in [0.05, 0.1) is 13.2 Å². The zero-order valence-corrected chi connectivity index (χ0v) is 15.2. The average Bonchev–Trinajstić information content (AvgIpc) is 2.47. The molecule has 0 unspecified atom stereocenters. The van der Waals surface area contributed by atoms with Crippen LogP contribution in [0.3, 0.4) is 0 Å². The highest BCUT2D eigenvalue weighted by Crippen LogP contribution is 2.40. The first-order valence-corrected chi connectivity index (χ1v) is 10.0. The average molecular weight is 321 g/mol. The Bertz CT molecular complexity index is 259. The number of phosphoric ester groups is 1. The van der Waals surface area contributed by atoms with Gasteiger partial charge in [-0.25, -0.2) is 0 Å². The lowest BCUT2D eigenvalue weighted by Crippen LogP contribution is -2.17. The summed E-state index contributed by atoms with van der Waals surface area (Å²) in [5.41, 5.74) is 0. The molecule has 0 aliphatic heterocycles. The number of hydrogen-bond acceptors (Lipinski definition) is 4. The molecule has 0 aromatic carbocycles. The lowest BCUT2D eigenvalue weighted by atomic mass is 10.0. The van der Waals surface area contributed by atoms with Gasteiger partial charge in [0.1, 0.15) is 0 Å². The van der Waals surface area contributed by atoms with Crippen molar-refractivity contribution in [3.05, 3.63) is 0 Å². The third-order valence-electron chi connectivity index (χ3n) is 4.02. The smallest absolute Gasteiger partial charge is 0.267 e. The van der Waals surface area contributed by atoms with Gasteiger partial charge in [0.25, 0.3) is 7.82 Å². The molecule has 0 aliphatic rings. The Morgan fingerprint density at radius 1 is 0.857 bits per heavy atom. The second-order valence-electron chi connectivity index (χ2n) is 5.87. The SMILES string of the molecule is CCCC[C@@H](CC)COP(=O)([O-])OC[C@H](CC)CCCC. The van der Waals surface area contributed by atoms with Crippen LogP contribution in [0.15, 0.2) is 0 Å². The molecule has 0 saturated carbocycles. The normalized spacial score (nSPS) is 15.1. The van der Waals surface area contributed by atoms with Gasteiger partial charge in [-0.1, -0.05) is 66.2 Å². The molecule has 21 heavy (non-hydrogen) atoms. The van der Waals surface area contributed by atoms with Crippen molar-refractivity contribution in [1.82, 2.24) is 0 Å². The second kappa shape index (κ2) is 12.6. The van der Waals surface area contributed by atoms with E-state index < -0.39 is 7.82 Å². The van der Waals surface area contributed by atoms with Gasteiger partial charge in [-0.15, -0.1) is 0 Å². The molecule has 0 fully saturated rings. The van der Waals surface area contributed by atoms with Gasteiger partial charge in [-0.3, -0.25) is 4.57 Å². The Hall–Kier alpha value is 0.110. The summed E-state index contributed by atoms with van der Waals surface area (Å²) in [6.07, 6.45) is 8.38. The van der Waals surface area contributed by atoms with E-state index in [4.69, 9.17) is 9.05 Å². The molecule has 0 aromatic rings. The van der Waals surface area contributed by atoms with Crippen molar-refractivity contribution < 1.29 is 18.5 Å². The molecule has 5 heteroatoms. The highest BCUT2D eigenvalue weighted by atomic mass is 31.2. The van der Waals surface area contributed by atoms with Crippen molar-refractivity contribution in [2.75, 3.05) is 13.2 Å². The van der Waals surface area contributed by atoms with Crippen LogP contribution in [0.2, 0.25) is 0 Å². The van der Waals surface area contributed by atoms with Gasteiger partial charge in [-0.2, -0.15) is 0 Å². The van der Waals surface area contributed by atoms with E-state index in [0.29, 0.717) is 11.8 Å². The number of unbranched alkanes of at least 4 members (excludes halogenated alkanes) is 2. The van der Waals surface area contributed by atoms with E-state index in [-0.39, 0.29) is 13.2 Å². The van der Waals surface area contributed by atoms with E-state index in [0.717, 1.165) is 51.4 Å². The first kappa shape index (κ1) is 21.1. The van der Waals surface area contributed by atoms with Crippen molar-refractivity contribution >= 4 is 7.82 Å². The zero-order chi connectivity index (χ0) is 16.1. The lowest BCUT2D eigenvalue weighted by molar-refractivity contribution is -0.227. The summed E-state index contributed by atoms with van der Waals surface area (Å²) in [4.78, 5) is 11.8. The monoisotopic (exact) mass is 321 g/mol. The molecule has 2 atom stereocenters. The van der Waals surface area contributed by atoms with Crippen LogP contribution in [0.5, 0.6) is 0 Å². The fourth-order valence-corrected chi connectivity index (χ4v) is 3.09. The summed E-state index contributed by atoms with van der Waals surface area (Å²) in [5, 5.41) is 0. The molecule has 4 nitrogen and oxygen atoms in total. The molecule has 0 aliphatic carbocycles. The largest absolute Gasteiger partial charge is 0.756 e. The van der Waals surface area contributed by atoms with Gasteiger partial charge < -0.3 is 13.9 Å². The van der Waals surface area contributed by atoms with Crippen molar-refractivity contribution in [2.24, 2.45) is 11.8 Å².